The van der Waals surface area contributed by atoms with Crippen molar-refractivity contribution in [2.45, 2.75) is 91.8 Å². The number of aliphatic hydroxyl groups is 2. The molecule has 0 amide bonds. The van der Waals surface area contributed by atoms with Gasteiger partial charge in [0.15, 0.2) is 0 Å². The van der Waals surface area contributed by atoms with Crippen molar-refractivity contribution in [1.29, 1.82) is 0 Å². The first-order valence-electron chi connectivity index (χ1n) is 12.8. The van der Waals surface area contributed by atoms with E-state index in [9.17, 15) is 34.5 Å². The fraction of sp³-hybridized carbons (Fsp3) is 0.586. The molecule has 0 bridgehead atoms. The van der Waals surface area contributed by atoms with Crippen LogP contribution in [0.4, 0.5) is 0 Å². The Morgan fingerprint density at radius 1 is 1.08 bits per heavy atom. The number of rotatable bonds is 8. The highest BCUT2D eigenvalue weighted by Crippen LogP contribution is 2.62. The predicted molar refractivity (Wildman–Crippen MR) is 136 cm³/mol. The van der Waals surface area contributed by atoms with Crippen LogP contribution in [0.15, 0.2) is 45.8 Å². The van der Waals surface area contributed by atoms with Crippen molar-refractivity contribution in [2.75, 3.05) is 0 Å². The van der Waals surface area contributed by atoms with Crippen LogP contribution in [0.5, 0.6) is 0 Å². The molecule has 0 aromatic heterocycles. The van der Waals surface area contributed by atoms with Gasteiger partial charge in [0.25, 0.3) is 0 Å². The molecule has 37 heavy (non-hydrogen) atoms. The lowest BCUT2D eigenvalue weighted by atomic mass is 9.54. The normalized spacial score (nSPS) is 31.8. The summed E-state index contributed by atoms with van der Waals surface area (Å²) in [4.78, 5) is 50.2. The number of fused-ring (bicyclic) bond motifs is 1. The topological polar surface area (TPSA) is 138 Å². The van der Waals surface area contributed by atoms with Crippen molar-refractivity contribution >= 4 is 23.5 Å². The minimum absolute atomic E-state index is 0.0919. The number of carbonyl (C=O) groups excluding carboxylic acids is 3. The number of Topliss-reactive ketones (excluding diaryl/α,β-unsaturated/α-hetero) is 2. The highest BCUT2D eigenvalue weighted by molar-refractivity contribution is 6.50. The molecule has 202 valence electrons. The second-order valence-electron chi connectivity index (χ2n) is 11.3. The molecule has 0 radical (unpaired) electrons. The molecule has 0 aliphatic heterocycles. The summed E-state index contributed by atoms with van der Waals surface area (Å²) in [5.74, 6) is -4.52. The van der Waals surface area contributed by atoms with E-state index >= 15 is 0 Å². The maximum atomic E-state index is 13.5. The zero-order valence-electron chi connectivity index (χ0n) is 22.5. The molecule has 0 saturated heterocycles. The van der Waals surface area contributed by atoms with Crippen LogP contribution in [0.2, 0.25) is 0 Å². The van der Waals surface area contributed by atoms with Crippen LogP contribution in [0.3, 0.4) is 0 Å². The van der Waals surface area contributed by atoms with Gasteiger partial charge < -0.3 is 20.1 Å². The van der Waals surface area contributed by atoms with E-state index in [0.29, 0.717) is 38.5 Å². The number of carboxylic acids is 1. The van der Waals surface area contributed by atoms with Crippen molar-refractivity contribution in [1.82, 2.24) is 0 Å². The lowest BCUT2D eigenvalue weighted by Gasteiger charge is -2.51. The van der Waals surface area contributed by atoms with Crippen molar-refractivity contribution < 1.29 is 39.2 Å². The monoisotopic (exact) mass is 514 g/mol. The van der Waals surface area contributed by atoms with Crippen LogP contribution in [-0.2, 0) is 23.9 Å². The Bertz CT molecular complexity index is 1140. The summed E-state index contributed by atoms with van der Waals surface area (Å²) in [5, 5.41) is 32.1. The Labute approximate surface area is 217 Å². The second-order valence-corrected chi connectivity index (χ2v) is 11.3. The molecule has 0 spiro atoms. The van der Waals surface area contributed by atoms with Gasteiger partial charge >= 0.3 is 11.9 Å². The van der Waals surface area contributed by atoms with Crippen molar-refractivity contribution in [3.8, 4) is 0 Å². The van der Waals surface area contributed by atoms with Crippen molar-refractivity contribution in [3.63, 3.8) is 0 Å². The van der Waals surface area contributed by atoms with Gasteiger partial charge in [0.1, 0.15) is 11.9 Å². The molecule has 8 nitrogen and oxygen atoms in total. The number of ketones is 2. The first-order chi connectivity index (χ1) is 17.1. The second kappa shape index (κ2) is 10.4. The third kappa shape index (κ3) is 5.21. The summed E-state index contributed by atoms with van der Waals surface area (Å²) in [6.07, 6.45) is 5.05. The highest BCUT2D eigenvalue weighted by Gasteiger charge is 2.63. The number of carbonyl (C=O) groups is 4. The van der Waals surface area contributed by atoms with Crippen LogP contribution < -0.4 is 0 Å². The van der Waals surface area contributed by atoms with Crippen LogP contribution in [-0.4, -0.2) is 50.5 Å². The first-order valence-corrected chi connectivity index (χ1v) is 12.8. The lowest BCUT2D eigenvalue weighted by Crippen LogP contribution is -2.54. The van der Waals surface area contributed by atoms with E-state index in [1.807, 2.05) is 26.8 Å². The van der Waals surface area contributed by atoms with E-state index in [0.717, 1.165) is 5.57 Å². The quantitative estimate of drug-likeness (QED) is 0.141. The molecule has 5 atom stereocenters. The fourth-order valence-corrected chi connectivity index (χ4v) is 6.50. The zero-order valence-corrected chi connectivity index (χ0v) is 22.5. The number of carboxylic acid groups (broad SMARTS) is 1. The summed E-state index contributed by atoms with van der Waals surface area (Å²) in [5.41, 5.74) is -0.747. The Kier molecular flexibility index (Phi) is 8.03. The maximum Gasteiger partial charge on any atom is 0.331 e. The molecule has 1 fully saturated rings. The fourth-order valence-electron chi connectivity index (χ4n) is 6.50. The van der Waals surface area contributed by atoms with Crippen molar-refractivity contribution in [2.24, 2.45) is 17.3 Å². The number of ether oxygens (including phenoxy) is 1. The van der Waals surface area contributed by atoms with Crippen LogP contribution in [0.25, 0.3) is 0 Å². The van der Waals surface area contributed by atoms with E-state index < -0.39 is 46.5 Å². The van der Waals surface area contributed by atoms with Gasteiger partial charge in [-0.05, 0) is 72.1 Å². The maximum absolute atomic E-state index is 13.5. The smallest absolute Gasteiger partial charge is 0.331 e. The van der Waals surface area contributed by atoms with Gasteiger partial charge in [0.05, 0.1) is 5.60 Å². The van der Waals surface area contributed by atoms with Crippen LogP contribution in [0.1, 0.15) is 80.1 Å². The Morgan fingerprint density at radius 2 is 1.73 bits per heavy atom. The predicted octanol–water partition coefficient (Wildman–Crippen LogP) is 4.53. The number of aliphatic hydroxyl groups excluding tert-OH is 1. The average molecular weight is 515 g/mol. The number of esters is 1. The van der Waals surface area contributed by atoms with Gasteiger partial charge in [-0.15, -0.1) is 0 Å². The molecule has 0 aromatic rings. The minimum atomic E-state index is -1.24. The molecule has 8 heteroatoms. The van der Waals surface area contributed by atoms with E-state index in [1.54, 1.807) is 13.0 Å². The summed E-state index contributed by atoms with van der Waals surface area (Å²) in [7, 11) is 0. The minimum Gasteiger partial charge on any atom is -0.507 e. The average Bonchev–Trinajstić information content (AvgIpc) is 3.12. The van der Waals surface area contributed by atoms with Gasteiger partial charge in [-0.1, -0.05) is 24.6 Å². The summed E-state index contributed by atoms with van der Waals surface area (Å²) >= 11 is 0. The largest absolute Gasteiger partial charge is 0.507 e. The van der Waals surface area contributed by atoms with E-state index in [4.69, 9.17) is 4.74 Å². The molecule has 1 saturated carbocycles. The molecule has 3 N–H and O–H groups in total. The Balaban J connectivity index is 2.12. The number of hydrogen-bond donors (Lipinski definition) is 3. The Hall–Kier alpha value is -3.00. The van der Waals surface area contributed by atoms with Gasteiger partial charge in [-0.2, -0.15) is 0 Å². The van der Waals surface area contributed by atoms with Gasteiger partial charge in [0.2, 0.25) is 11.6 Å². The third-order valence-corrected chi connectivity index (χ3v) is 8.36. The molecule has 0 heterocycles. The number of hydrogen-bond acceptors (Lipinski definition) is 7. The number of allylic oxidation sites excluding steroid dienone is 5. The first kappa shape index (κ1) is 28.6. The standard InChI is InChI=1S/C29H38O8/c1-15(2)9-7-10-18(27(34)35)11-8-13-28(5)19-12-14-29(6,36)21(19)26(37-17(4)30)20-22(28)25(33)24(32)16(3)23(20)31/h9,11,19,21,26,31,36H,7-8,10,12-14H2,1-6H3,(H,34,35)/b18-11-/t19-,21-,26-,28+,29?/m1/s1. The molecular formula is C29H38O8. The summed E-state index contributed by atoms with van der Waals surface area (Å²) < 4.78 is 5.63. The lowest BCUT2D eigenvalue weighted by molar-refractivity contribution is -0.156. The third-order valence-electron chi connectivity index (χ3n) is 8.36. The summed E-state index contributed by atoms with van der Waals surface area (Å²) in [6.45, 7) is 9.97. The van der Waals surface area contributed by atoms with Gasteiger partial charge in [-0.3, -0.25) is 14.4 Å². The van der Waals surface area contributed by atoms with Crippen molar-refractivity contribution in [3.05, 3.63) is 45.8 Å². The van der Waals surface area contributed by atoms with E-state index in [2.05, 4.69) is 0 Å². The van der Waals surface area contributed by atoms with Gasteiger partial charge in [-0.25, -0.2) is 4.79 Å². The van der Waals surface area contributed by atoms with E-state index in [1.165, 1.54) is 13.8 Å². The molecule has 0 aromatic carbocycles. The zero-order chi connectivity index (χ0) is 27.9. The Morgan fingerprint density at radius 3 is 2.30 bits per heavy atom. The molecule has 1 unspecified atom stereocenters. The molecular weight excluding hydrogens is 476 g/mol. The van der Waals surface area contributed by atoms with Crippen LogP contribution in [0, 0.1) is 17.3 Å². The molecule has 3 aliphatic carbocycles. The van der Waals surface area contributed by atoms with Gasteiger partial charge in [0, 0.05) is 40.5 Å². The van der Waals surface area contributed by atoms with E-state index in [-0.39, 0.29) is 34.0 Å². The number of aliphatic carboxylic acids is 1. The summed E-state index contributed by atoms with van der Waals surface area (Å²) in [6, 6.07) is 0. The molecule has 3 rings (SSSR count). The molecule has 3 aliphatic rings. The van der Waals surface area contributed by atoms with Crippen LogP contribution >= 0.6 is 0 Å². The SMILES string of the molecule is CC(=O)O[C@@H]1C2=C(C(=O)C(=O)C(C)=C2O)[C@@](C)(CC/C=C(/CCC=C(C)C)C(=O)O)[C@@H]2CCC(C)(O)[C@@H]12. The highest BCUT2D eigenvalue weighted by atomic mass is 16.5.